The van der Waals surface area contributed by atoms with E-state index in [9.17, 15) is 9.59 Å². The maximum absolute atomic E-state index is 13.3. The molecule has 3 aromatic rings. The van der Waals surface area contributed by atoms with Crippen LogP contribution in [0.3, 0.4) is 0 Å². The second-order valence-electron chi connectivity index (χ2n) is 8.26. The van der Waals surface area contributed by atoms with Crippen molar-refractivity contribution >= 4 is 17.7 Å². The maximum Gasteiger partial charge on any atom is 0.339 e. The van der Waals surface area contributed by atoms with Crippen LogP contribution in [0.25, 0.3) is 11.3 Å². The molecule has 172 valence electrons. The van der Waals surface area contributed by atoms with Crippen LogP contribution in [0, 0.1) is 13.8 Å². The highest BCUT2D eigenvalue weighted by atomic mass is 16.5. The molecule has 0 aliphatic carbocycles. The van der Waals surface area contributed by atoms with Gasteiger partial charge in [0.15, 0.2) is 0 Å². The number of esters is 1. The van der Waals surface area contributed by atoms with Gasteiger partial charge in [0.1, 0.15) is 12.4 Å². The van der Waals surface area contributed by atoms with Crippen molar-refractivity contribution < 1.29 is 14.3 Å². The van der Waals surface area contributed by atoms with Gasteiger partial charge in [0.05, 0.1) is 12.2 Å². The van der Waals surface area contributed by atoms with Gasteiger partial charge in [-0.1, -0.05) is 35.9 Å². The number of hydrogen-bond donors (Lipinski definition) is 0. The molecule has 1 fully saturated rings. The molecule has 3 heterocycles. The zero-order valence-electron chi connectivity index (χ0n) is 19.5. The van der Waals surface area contributed by atoms with Crippen molar-refractivity contribution in [1.82, 2.24) is 14.5 Å². The Balaban J connectivity index is 1.54. The van der Waals surface area contributed by atoms with Gasteiger partial charge in [-0.15, -0.1) is 0 Å². The van der Waals surface area contributed by atoms with Gasteiger partial charge in [0, 0.05) is 43.8 Å². The lowest BCUT2D eigenvalue weighted by atomic mass is 10.1. The summed E-state index contributed by atoms with van der Waals surface area (Å²) >= 11 is 0. The number of hydrogen-bond acceptors (Lipinski definition) is 5. The molecule has 1 aromatic carbocycles. The number of benzene rings is 1. The number of amides is 1. The molecule has 1 aliphatic rings. The number of nitrogens with zero attached hydrogens (tertiary/aromatic N) is 4. The predicted octanol–water partition coefficient (Wildman–Crippen LogP) is 3.69. The first kappa shape index (κ1) is 22.6. The number of piperazine rings is 1. The third-order valence-electron chi connectivity index (χ3n) is 6.11. The highest BCUT2D eigenvalue weighted by Crippen LogP contribution is 2.27. The van der Waals surface area contributed by atoms with Crippen molar-refractivity contribution in [3.63, 3.8) is 0 Å². The van der Waals surface area contributed by atoms with Gasteiger partial charge in [-0.2, -0.15) is 0 Å². The molecule has 7 nitrogen and oxygen atoms in total. The first-order valence-corrected chi connectivity index (χ1v) is 11.4. The number of pyridine rings is 1. The molecule has 1 amide bonds. The van der Waals surface area contributed by atoms with E-state index in [0.717, 1.165) is 41.4 Å². The number of carbonyl (C=O) groups is 2. The molecule has 0 unspecified atom stereocenters. The quantitative estimate of drug-likeness (QED) is 0.540. The van der Waals surface area contributed by atoms with Crippen LogP contribution in [-0.4, -0.2) is 59.1 Å². The van der Waals surface area contributed by atoms with E-state index in [1.165, 1.54) is 0 Å². The van der Waals surface area contributed by atoms with Crippen molar-refractivity contribution in [2.24, 2.45) is 0 Å². The largest absolute Gasteiger partial charge is 0.462 e. The zero-order valence-corrected chi connectivity index (χ0v) is 19.5. The summed E-state index contributed by atoms with van der Waals surface area (Å²) in [5, 5.41) is 0. The highest BCUT2D eigenvalue weighted by molar-refractivity contribution is 5.93. The third kappa shape index (κ3) is 4.92. The summed E-state index contributed by atoms with van der Waals surface area (Å²) in [5.41, 5.74) is 4.20. The van der Waals surface area contributed by atoms with E-state index in [4.69, 9.17) is 4.74 Å². The molecule has 0 saturated carbocycles. The average molecular weight is 447 g/mol. The van der Waals surface area contributed by atoms with Crippen LogP contribution in [0.15, 0.2) is 54.7 Å². The normalized spacial score (nSPS) is 13.8. The number of aryl methyl sites for hydroxylation is 1. The van der Waals surface area contributed by atoms with Crippen molar-refractivity contribution in [2.75, 3.05) is 37.7 Å². The molecule has 0 N–H and O–H groups in total. The van der Waals surface area contributed by atoms with E-state index >= 15 is 0 Å². The lowest BCUT2D eigenvalue weighted by Crippen LogP contribution is -2.49. The van der Waals surface area contributed by atoms with Crippen molar-refractivity contribution in [1.29, 1.82) is 0 Å². The number of aromatic nitrogens is 2. The minimum absolute atomic E-state index is 0.0399. The summed E-state index contributed by atoms with van der Waals surface area (Å²) in [6.45, 7) is 8.95. The summed E-state index contributed by atoms with van der Waals surface area (Å²) in [5.74, 6) is 0.614. The zero-order chi connectivity index (χ0) is 23.4. The first-order valence-electron chi connectivity index (χ1n) is 11.4. The molecule has 1 saturated heterocycles. The van der Waals surface area contributed by atoms with Gasteiger partial charge in [-0.25, -0.2) is 9.78 Å². The van der Waals surface area contributed by atoms with Gasteiger partial charge >= 0.3 is 5.97 Å². The molecule has 0 bridgehead atoms. The molecule has 0 atom stereocenters. The van der Waals surface area contributed by atoms with Crippen LogP contribution in [-0.2, 0) is 16.1 Å². The number of ether oxygens (including phenoxy) is 1. The van der Waals surface area contributed by atoms with Crippen molar-refractivity contribution in [3.05, 3.63) is 71.5 Å². The minimum atomic E-state index is -0.362. The van der Waals surface area contributed by atoms with Crippen LogP contribution in [0.4, 0.5) is 5.82 Å². The Morgan fingerprint density at radius 1 is 1.00 bits per heavy atom. The van der Waals surface area contributed by atoms with E-state index in [-0.39, 0.29) is 18.4 Å². The van der Waals surface area contributed by atoms with Gasteiger partial charge in [-0.3, -0.25) is 4.79 Å². The summed E-state index contributed by atoms with van der Waals surface area (Å²) in [4.78, 5) is 34.3. The fourth-order valence-electron chi connectivity index (χ4n) is 4.19. The molecular weight excluding hydrogens is 416 g/mol. The summed E-state index contributed by atoms with van der Waals surface area (Å²) in [6, 6.07) is 15.8. The number of carbonyl (C=O) groups excluding carboxylic acids is 2. The van der Waals surface area contributed by atoms with E-state index < -0.39 is 0 Å². The van der Waals surface area contributed by atoms with Gasteiger partial charge in [0.2, 0.25) is 5.91 Å². The summed E-state index contributed by atoms with van der Waals surface area (Å²) < 4.78 is 7.18. The van der Waals surface area contributed by atoms with Gasteiger partial charge in [-0.05, 0) is 44.5 Å². The Bertz CT molecular complexity index is 1110. The van der Waals surface area contributed by atoms with Crippen molar-refractivity contribution in [3.8, 4) is 11.3 Å². The first-order chi connectivity index (χ1) is 16.0. The number of rotatable bonds is 6. The molecule has 1 aliphatic heterocycles. The molecule has 7 heteroatoms. The van der Waals surface area contributed by atoms with Crippen LogP contribution in [0.5, 0.6) is 0 Å². The molecule has 0 spiro atoms. The Kier molecular flexibility index (Phi) is 6.77. The van der Waals surface area contributed by atoms with Crippen LogP contribution >= 0.6 is 0 Å². The topological polar surface area (TPSA) is 67.7 Å². The lowest BCUT2D eigenvalue weighted by molar-refractivity contribution is -0.132. The number of anilines is 1. The van der Waals surface area contributed by atoms with E-state index in [2.05, 4.69) is 9.88 Å². The molecule has 0 radical (unpaired) electrons. The van der Waals surface area contributed by atoms with Crippen molar-refractivity contribution in [2.45, 2.75) is 27.3 Å². The molecule has 4 rings (SSSR count). The average Bonchev–Trinajstić information content (AvgIpc) is 3.16. The Morgan fingerprint density at radius 2 is 1.73 bits per heavy atom. The van der Waals surface area contributed by atoms with E-state index in [1.807, 2.05) is 71.8 Å². The van der Waals surface area contributed by atoms with Gasteiger partial charge in [0.25, 0.3) is 0 Å². The molecule has 2 aromatic heterocycles. The Morgan fingerprint density at radius 3 is 2.36 bits per heavy atom. The third-order valence-corrected chi connectivity index (χ3v) is 6.11. The summed E-state index contributed by atoms with van der Waals surface area (Å²) in [7, 11) is 0. The fourth-order valence-corrected chi connectivity index (χ4v) is 4.19. The fraction of sp³-hybridized carbons (Fsp3) is 0.346. The monoisotopic (exact) mass is 446 g/mol. The minimum Gasteiger partial charge on any atom is -0.462 e. The molecule has 33 heavy (non-hydrogen) atoms. The second-order valence-corrected chi connectivity index (χ2v) is 8.26. The van der Waals surface area contributed by atoms with Crippen LogP contribution in [0.2, 0.25) is 0 Å². The maximum atomic E-state index is 13.3. The highest BCUT2D eigenvalue weighted by Gasteiger charge is 2.25. The predicted molar refractivity (Wildman–Crippen MR) is 128 cm³/mol. The standard InChI is InChI=1S/C26H30N4O3/c1-4-33-26(32)22-17-23(21-10-8-19(2)9-11-21)30(20(22)3)18-25(31)29-15-13-28(14-16-29)24-7-5-6-12-27-24/h5-12,17H,4,13-16,18H2,1-3H3. The van der Waals surface area contributed by atoms with Crippen LogP contribution < -0.4 is 4.90 Å². The van der Waals surface area contributed by atoms with Gasteiger partial charge < -0.3 is 19.1 Å². The second kappa shape index (κ2) is 9.90. The molecular formula is C26H30N4O3. The van der Waals surface area contributed by atoms with E-state index in [1.54, 1.807) is 13.1 Å². The summed E-state index contributed by atoms with van der Waals surface area (Å²) in [6.07, 6.45) is 1.79. The lowest BCUT2D eigenvalue weighted by Gasteiger charge is -2.35. The van der Waals surface area contributed by atoms with Crippen LogP contribution in [0.1, 0.15) is 28.5 Å². The Hall–Kier alpha value is -3.61. The smallest absolute Gasteiger partial charge is 0.339 e. The Labute approximate surface area is 194 Å². The van der Waals surface area contributed by atoms with E-state index in [0.29, 0.717) is 25.3 Å². The SMILES string of the molecule is CCOC(=O)c1cc(-c2ccc(C)cc2)n(CC(=O)N2CCN(c3ccccn3)CC2)c1C.